The molecule has 1 heteroatoms. The Labute approximate surface area is 121 Å². The minimum absolute atomic E-state index is 1.07. The van der Waals surface area contributed by atoms with Crippen LogP contribution in [0.4, 0.5) is 0 Å². The van der Waals surface area contributed by atoms with Gasteiger partial charge in [-0.15, -0.1) is 0 Å². The second-order valence-electron chi connectivity index (χ2n) is 6.18. The van der Waals surface area contributed by atoms with Crippen molar-refractivity contribution in [3.05, 3.63) is 0 Å². The Hall–Kier alpha value is -0.330. The number of rotatable bonds is 0. The van der Waals surface area contributed by atoms with Gasteiger partial charge in [-0.3, -0.25) is 4.99 Å². The van der Waals surface area contributed by atoms with Crippen LogP contribution in [0.15, 0.2) is 4.99 Å². The molecule has 0 saturated heterocycles. The molecule has 0 aromatic heterocycles. The van der Waals surface area contributed by atoms with Crippen LogP contribution in [0.25, 0.3) is 0 Å². The lowest BCUT2D eigenvalue weighted by Crippen LogP contribution is -1.85. The van der Waals surface area contributed by atoms with Gasteiger partial charge in [0.05, 0.1) is 0 Å². The van der Waals surface area contributed by atoms with E-state index in [4.69, 9.17) is 0 Å². The third kappa shape index (κ3) is 12.4. The normalized spacial score (nSPS) is 23.2. The summed E-state index contributed by atoms with van der Waals surface area (Å²) in [5.41, 5.74) is 0. The highest BCUT2D eigenvalue weighted by atomic mass is 14.7. The maximum Gasteiger partial charge on any atom is 0.0385 e. The second kappa shape index (κ2) is 14.1. The SMILES string of the molecule is C1=NCCCCCCCCCCCCCCCCC1. The van der Waals surface area contributed by atoms with Crippen LogP contribution in [-0.2, 0) is 0 Å². The molecule has 0 amide bonds. The number of aliphatic imine (C=N–C) groups is 1. The third-order valence-corrected chi connectivity index (χ3v) is 4.25. The second-order valence-corrected chi connectivity index (χ2v) is 6.18. The standard InChI is InChI=1S/C18H35N/c1-2-4-6-8-10-12-14-16-18-19-17-15-13-11-9-7-5-3-1/h17H,1-16,18H2. The van der Waals surface area contributed by atoms with Crippen LogP contribution in [0.3, 0.4) is 0 Å². The summed E-state index contributed by atoms with van der Waals surface area (Å²) in [5, 5.41) is 0. The topological polar surface area (TPSA) is 12.4 Å². The van der Waals surface area contributed by atoms with Gasteiger partial charge in [0.2, 0.25) is 0 Å². The molecule has 1 aliphatic heterocycles. The molecule has 0 aliphatic carbocycles. The Bertz CT molecular complexity index is 178. The van der Waals surface area contributed by atoms with Gasteiger partial charge in [-0.1, -0.05) is 83.5 Å². The van der Waals surface area contributed by atoms with Crippen molar-refractivity contribution in [1.82, 2.24) is 0 Å². The fourth-order valence-corrected chi connectivity index (χ4v) is 2.92. The number of hydrogen-bond donors (Lipinski definition) is 0. The zero-order valence-electron chi connectivity index (χ0n) is 13.0. The highest BCUT2D eigenvalue weighted by Gasteiger charge is 1.95. The third-order valence-electron chi connectivity index (χ3n) is 4.25. The first-order chi connectivity index (χ1) is 9.50. The van der Waals surface area contributed by atoms with Gasteiger partial charge in [-0.2, -0.15) is 0 Å². The van der Waals surface area contributed by atoms with Crippen molar-refractivity contribution < 1.29 is 0 Å². The Morgan fingerprint density at radius 1 is 0.421 bits per heavy atom. The van der Waals surface area contributed by atoms with E-state index in [1.807, 2.05) is 0 Å². The molecule has 0 bridgehead atoms. The minimum Gasteiger partial charge on any atom is -0.298 e. The van der Waals surface area contributed by atoms with Crippen molar-refractivity contribution >= 4 is 6.21 Å². The Morgan fingerprint density at radius 3 is 1.26 bits per heavy atom. The van der Waals surface area contributed by atoms with Crippen LogP contribution in [0, 0.1) is 0 Å². The summed E-state index contributed by atoms with van der Waals surface area (Å²) >= 11 is 0. The van der Waals surface area contributed by atoms with Gasteiger partial charge >= 0.3 is 0 Å². The smallest absolute Gasteiger partial charge is 0.0385 e. The van der Waals surface area contributed by atoms with Crippen molar-refractivity contribution in [2.24, 2.45) is 4.99 Å². The Kier molecular flexibility index (Phi) is 12.4. The highest BCUT2D eigenvalue weighted by molar-refractivity contribution is 5.56. The average Bonchev–Trinajstić information content (AvgIpc) is 2.43. The largest absolute Gasteiger partial charge is 0.298 e. The zero-order valence-corrected chi connectivity index (χ0v) is 13.0. The molecule has 0 saturated carbocycles. The van der Waals surface area contributed by atoms with Gasteiger partial charge in [0.15, 0.2) is 0 Å². The fourth-order valence-electron chi connectivity index (χ4n) is 2.92. The van der Waals surface area contributed by atoms with Gasteiger partial charge in [-0.05, 0) is 25.5 Å². The van der Waals surface area contributed by atoms with Crippen LogP contribution >= 0.6 is 0 Å². The predicted molar refractivity (Wildman–Crippen MR) is 87.2 cm³/mol. The molecular formula is C18H35N. The molecule has 0 fully saturated rings. The van der Waals surface area contributed by atoms with Gasteiger partial charge in [0.1, 0.15) is 0 Å². The van der Waals surface area contributed by atoms with Crippen molar-refractivity contribution in [1.29, 1.82) is 0 Å². The molecular weight excluding hydrogens is 230 g/mol. The van der Waals surface area contributed by atoms with Crippen LogP contribution in [0.5, 0.6) is 0 Å². The molecule has 0 aromatic rings. The van der Waals surface area contributed by atoms with Gasteiger partial charge in [-0.25, -0.2) is 0 Å². The lowest BCUT2D eigenvalue weighted by Gasteiger charge is -2.02. The van der Waals surface area contributed by atoms with Crippen LogP contribution in [-0.4, -0.2) is 12.8 Å². The van der Waals surface area contributed by atoms with Gasteiger partial charge in [0.25, 0.3) is 0 Å². The summed E-state index contributed by atoms with van der Waals surface area (Å²) in [5.74, 6) is 0. The zero-order chi connectivity index (χ0) is 13.4. The van der Waals surface area contributed by atoms with E-state index in [2.05, 4.69) is 11.2 Å². The lowest BCUT2D eigenvalue weighted by molar-refractivity contribution is 0.533. The molecule has 1 heterocycles. The van der Waals surface area contributed by atoms with E-state index < -0.39 is 0 Å². The molecule has 0 N–H and O–H groups in total. The fraction of sp³-hybridized carbons (Fsp3) is 0.944. The first-order valence-corrected chi connectivity index (χ1v) is 8.98. The summed E-state index contributed by atoms with van der Waals surface area (Å²) in [4.78, 5) is 4.52. The number of nitrogens with zero attached hydrogens (tertiary/aromatic N) is 1. The molecule has 0 aromatic carbocycles. The predicted octanol–water partition coefficient (Wildman–Crippen LogP) is 6.31. The van der Waals surface area contributed by atoms with E-state index in [9.17, 15) is 0 Å². The first kappa shape index (κ1) is 16.7. The molecule has 0 spiro atoms. The molecule has 112 valence electrons. The Morgan fingerprint density at radius 2 is 0.789 bits per heavy atom. The first-order valence-electron chi connectivity index (χ1n) is 8.98. The molecule has 0 unspecified atom stereocenters. The van der Waals surface area contributed by atoms with E-state index in [0.717, 1.165) is 6.54 Å². The quantitative estimate of drug-likeness (QED) is 0.486. The number of hydrogen-bond acceptors (Lipinski definition) is 1. The molecule has 0 radical (unpaired) electrons. The van der Waals surface area contributed by atoms with Crippen molar-refractivity contribution in [3.63, 3.8) is 0 Å². The minimum atomic E-state index is 1.07. The van der Waals surface area contributed by atoms with Crippen molar-refractivity contribution in [2.75, 3.05) is 6.54 Å². The summed E-state index contributed by atoms with van der Waals surface area (Å²) in [6.45, 7) is 1.07. The molecule has 1 rings (SSSR count). The summed E-state index contributed by atoms with van der Waals surface area (Å²) in [6, 6.07) is 0. The van der Waals surface area contributed by atoms with Crippen molar-refractivity contribution in [2.45, 2.75) is 103 Å². The maximum absolute atomic E-state index is 4.52. The lowest BCUT2D eigenvalue weighted by atomic mass is 10.0. The summed E-state index contributed by atoms with van der Waals surface area (Å²) in [6.07, 6.45) is 24.9. The van der Waals surface area contributed by atoms with E-state index in [-0.39, 0.29) is 0 Å². The summed E-state index contributed by atoms with van der Waals surface area (Å²) in [7, 11) is 0. The Balaban J connectivity index is 2.06. The van der Waals surface area contributed by atoms with Crippen molar-refractivity contribution in [3.8, 4) is 0 Å². The summed E-state index contributed by atoms with van der Waals surface area (Å²) < 4.78 is 0. The van der Waals surface area contributed by atoms with Crippen LogP contribution in [0.2, 0.25) is 0 Å². The highest BCUT2D eigenvalue weighted by Crippen LogP contribution is 2.13. The van der Waals surface area contributed by atoms with E-state index in [0.29, 0.717) is 0 Å². The molecule has 19 heavy (non-hydrogen) atoms. The van der Waals surface area contributed by atoms with Crippen LogP contribution < -0.4 is 0 Å². The molecule has 1 nitrogen and oxygen atoms in total. The van der Waals surface area contributed by atoms with Crippen LogP contribution in [0.1, 0.15) is 103 Å². The van der Waals surface area contributed by atoms with E-state index >= 15 is 0 Å². The van der Waals surface area contributed by atoms with E-state index in [1.165, 1.54) is 103 Å². The molecule has 1 aliphatic rings. The average molecular weight is 265 g/mol. The van der Waals surface area contributed by atoms with Gasteiger partial charge < -0.3 is 0 Å². The van der Waals surface area contributed by atoms with E-state index in [1.54, 1.807) is 0 Å². The molecule has 0 atom stereocenters. The van der Waals surface area contributed by atoms with Gasteiger partial charge in [0, 0.05) is 6.54 Å². The maximum atomic E-state index is 4.52. The monoisotopic (exact) mass is 265 g/mol.